The maximum Gasteiger partial charge on any atom is 0.328 e. The van der Waals surface area contributed by atoms with E-state index in [1.54, 1.807) is 6.92 Å². The largest absolute Gasteiger partial charge is 0.478 e. The summed E-state index contributed by atoms with van der Waals surface area (Å²) in [6.45, 7) is 5.80. The summed E-state index contributed by atoms with van der Waals surface area (Å²) in [4.78, 5) is 27.1. The number of aliphatic carboxylic acids is 1. The number of aromatic nitrogens is 3. The molecule has 2 aromatic heterocycles. The van der Waals surface area contributed by atoms with Gasteiger partial charge in [-0.25, -0.2) is 14.8 Å². The van der Waals surface area contributed by atoms with Crippen molar-refractivity contribution in [3.05, 3.63) is 53.2 Å². The molecule has 8 nitrogen and oxygen atoms in total. The second kappa shape index (κ2) is 10.1. The monoisotopic (exact) mass is 464 g/mol. The van der Waals surface area contributed by atoms with Crippen LogP contribution in [0, 0.1) is 6.92 Å². The van der Waals surface area contributed by atoms with Gasteiger partial charge in [0, 0.05) is 47.2 Å². The van der Waals surface area contributed by atoms with Crippen molar-refractivity contribution >= 4 is 52.3 Å². The number of rotatable bonds is 7. The lowest BCUT2D eigenvalue weighted by atomic mass is 10.0. The smallest absolute Gasteiger partial charge is 0.328 e. The van der Waals surface area contributed by atoms with Crippen LogP contribution in [0.25, 0.3) is 17.0 Å². The fourth-order valence-electron chi connectivity index (χ4n) is 4.04. The van der Waals surface area contributed by atoms with E-state index in [1.807, 2.05) is 30.0 Å². The van der Waals surface area contributed by atoms with E-state index in [-0.39, 0.29) is 12.0 Å². The molecule has 1 aliphatic heterocycles. The first-order chi connectivity index (χ1) is 16.0. The summed E-state index contributed by atoms with van der Waals surface area (Å²) >= 11 is 1.96. The molecule has 4 rings (SSSR count). The number of fused-ring (bicyclic) bond motifs is 1. The maximum atomic E-state index is 11.1. The zero-order chi connectivity index (χ0) is 23.4. The van der Waals surface area contributed by atoms with E-state index in [9.17, 15) is 4.79 Å². The second-order valence-corrected chi connectivity index (χ2v) is 9.12. The summed E-state index contributed by atoms with van der Waals surface area (Å²) in [5, 5.41) is 13.7. The van der Waals surface area contributed by atoms with Crippen LogP contribution < -0.4 is 16.0 Å². The predicted octanol–water partition coefficient (Wildman–Crippen LogP) is 4.13. The fraction of sp³-hybridized carbons (Fsp3) is 0.333. The average molecular weight is 465 g/mol. The molecular formula is C24H28N6O2S. The lowest BCUT2D eigenvalue weighted by Crippen LogP contribution is -2.34. The van der Waals surface area contributed by atoms with Gasteiger partial charge in [-0.3, -0.25) is 0 Å². The third-order valence-corrected chi connectivity index (χ3v) is 6.63. The summed E-state index contributed by atoms with van der Waals surface area (Å²) in [6.07, 6.45) is 3.37. The van der Waals surface area contributed by atoms with Crippen molar-refractivity contribution in [2.45, 2.75) is 26.3 Å². The number of pyridine rings is 1. The van der Waals surface area contributed by atoms with Crippen LogP contribution in [0.3, 0.4) is 0 Å². The molecule has 0 aliphatic carbocycles. The van der Waals surface area contributed by atoms with Gasteiger partial charge in [-0.15, -0.1) is 0 Å². The van der Waals surface area contributed by atoms with Crippen LogP contribution in [-0.4, -0.2) is 50.6 Å². The highest BCUT2D eigenvalue weighted by molar-refractivity contribution is 7.99. The fourth-order valence-corrected chi connectivity index (χ4v) is 4.94. The molecule has 1 atom stereocenters. The Kier molecular flexibility index (Phi) is 6.98. The molecule has 1 aliphatic rings. The van der Waals surface area contributed by atoms with Crippen LogP contribution in [-0.2, 0) is 4.79 Å². The highest BCUT2D eigenvalue weighted by Crippen LogP contribution is 2.34. The Morgan fingerprint density at radius 2 is 2.03 bits per heavy atom. The second-order valence-electron chi connectivity index (χ2n) is 7.90. The summed E-state index contributed by atoms with van der Waals surface area (Å²) < 4.78 is 0. The Hall–Kier alpha value is -3.33. The van der Waals surface area contributed by atoms with Crippen molar-refractivity contribution in [1.82, 2.24) is 15.0 Å². The number of nitrogen functional groups attached to an aromatic ring is 1. The highest BCUT2D eigenvalue weighted by atomic mass is 32.2. The minimum Gasteiger partial charge on any atom is -0.478 e. The van der Waals surface area contributed by atoms with Crippen molar-refractivity contribution in [2.24, 2.45) is 0 Å². The summed E-state index contributed by atoms with van der Waals surface area (Å²) in [5.41, 5.74) is 9.21. The van der Waals surface area contributed by atoms with Crippen molar-refractivity contribution < 1.29 is 9.90 Å². The lowest BCUT2D eigenvalue weighted by Gasteiger charge is -2.32. The number of benzene rings is 1. The molecule has 4 N–H and O–H groups in total. The highest BCUT2D eigenvalue weighted by Gasteiger charge is 2.23. The number of para-hydroxylation sites is 1. The van der Waals surface area contributed by atoms with Crippen molar-refractivity contribution in [2.75, 3.05) is 40.5 Å². The molecule has 0 bridgehead atoms. The zero-order valence-corrected chi connectivity index (χ0v) is 19.6. The van der Waals surface area contributed by atoms with Gasteiger partial charge in [0.1, 0.15) is 11.6 Å². The molecular weight excluding hydrogens is 436 g/mol. The molecule has 1 unspecified atom stereocenters. The number of aryl methyl sites for hydroxylation is 1. The first kappa shape index (κ1) is 22.8. The van der Waals surface area contributed by atoms with E-state index in [0.717, 1.165) is 59.4 Å². The van der Waals surface area contributed by atoms with Gasteiger partial charge in [0.25, 0.3) is 0 Å². The third kappa shape index (κ3) is 5.19. The van der Waals surface area contributed by atoms with Gasteiger partial charge in [0.15, 0.2) is 0 Å². The van der Waals surface area contributed by atoms with Crippen LogP contribution in [0.2, 0.25) is 0 Å². The van der Waals surface area contributed by atoms with Gasteiger partial charge in [0.2, 0.25) is 5.95 Å². The Morgan fingerprint density at radius 3 is 2.76 bits per heavy atom. The van der Waals surface area contributed by atoms with E-state index < -0.39 is 5.97 Å². The molecule has 0 amide bonds. The van der Waals surface area contributed by atoms with Crippen molar-refractivity contribution in [3.8, 4) is 0 Å². The molecule has 33 heavy (non-hydrogen) atoms. The molecule has 1 aromatic carbocycles. The molecule has 9 heteroatoms. The Labute approximate surface area is 197 Å². The molecule has 3 heterocycles. The number of thioether (sulfide) groups is 1. The molecule has 1 fully saturated rings. The summed E-state index contributed by atoms with van der Waals surface area (Å²) in [6, 6.07) is 10.2. The number of nitrogens with zero attached hydrogens (tertiary/aromatic N) is 4. The molecule has 0 radical (unpaired) electrons. The summed E-state index contributed by atoms with van der Waals surface area (Å²) in [5.74, 6) is 2.75. The molecule has 172 valence electrons. The molecule has 1 saturated heterocycles. The molecule has 3 aromatic rings. The number of carboxylic acids is 1. The SMILES string of the molecule is CCC(Nc1nc(N)nc(C)c1/C=C/C(=O)O)c1cc2ccccc2nc1N1CCSCC1. The average Bonchev–Trinajstić information content (AvgIpc) is 2.81. The van der Waals surface area contributed by atoms with E-state index in [1.165, 1.54) is 6.08 Å². The predicted molar refractivity (Wildman–Crippen MR) is 136 cm³/mol. The van der Waals surface area contributed by atoms with E-state index in [4.69, 9.17) is 15.8 Å². The lowest BCUT2D eigenvalue weighted by molar-refractivity contribution is -0.131. The van der Waals surface area contributed by atoms with Crippen LogP contribution in [0.1, 0.15) is 36.2 Å². The van der Waals surface area contributed by atoms with Crippen LogP contribution >= 0.6 is 11.8 Å². The van der Waals surface area contributed by atoms with Gasteiger partial charge in [-0.1, -0.05) is 25.1 Å². The maximum absolute atomic E-state index is 11.1. The normalized spacial score (nSPS) is 15.2. The number of nitrogens with one attached hydrogen (secondary N) is 1. The van der Waals surface area contributed by atoms with Crippen LogP contribution in [0.5, 0.6) is 0 Å². The van der Waals surface area contributed by atoms with Crippen LogP contribution in [0.4, 0.5) is 17.6 Å². The van der Waals surface area contributed by atoms with Crippen molar-refractivity contribution in [1.29, 1.82) is 0 Å². The number of anilines is 3. The molecule has 0 spiro atoms. The van der Waals surface area contributed by atoms with Gasteiger partial charge < -0.3 is 21.1 Å². The molecule has 0 saturated carbocycles. The number of nitrogens with two attached hydrogens (primary N) is 1. The first-order valence-corrected chi connectivity index (χ1v) is 12.2. The minimum atomic E-state index is -1.03. The Morgan fingerprint density at radius 1 is 1.27 bits per heavy atom. The van der Waals surface area contributed by atoms with Crippen LogP contribution in [0.15, 0.2) is 36.4 Å². The summed E-state index contributed by atoms with van der Waals surface area (Å²) in [7, 11) is 0. The van der Waals surface area contributed by atoms with Gasteiger partial charge in [0.05, 0.1) is 17.3 Å². The Balaban J connectivity index is 1.79. The quantitative estimate of drug-likeness (QED) is 0.444. The number of carboxylic acid groups (broad SMARTS) is 1. The minimum absolute atomic E-state index is 0.0997. The number of hydrogen-bond donors (Lipinski definition) is 3. The standard InChI is InChI=1S/C24H28N6O2S/c1-3-19(27-22-17(8-9-21(31)32)15(2)26-24(25)29-22)18-14-16-6-4-5-7-20(16)28-23(18)30-10-12-33-13-11-30/h4-9,14,19H,3,10-13H2,1-2H3,(H,31,32)(H3,25,26,27,29)/b9-8+. The van der Waals surface area contributed by atoms with Gasteiger partial charge >= 0.3 is 5.97 Å². The third-order valence-electron chi connectivity index (χ3n) is 5.68. The van der Waals surface area contributed by atoms with E-state index in [0.29, 0.717) is 17.1 Å². The van der Waals surface area contributed by atoms with E-state index in [2.05, 4.69) is 39.2 Å². The van der Waals surface area contributed by atoms with Gasteiger partial charge in [-0.05, 0) is 31.6 Å². The zero-order valence-electron chi connectivity index (χ0n) is 18.8. The topological polar surface area (TPSA) is 117 Å². The Bertz CT molecular complexity index is 1190. The van der Waals surface area contributed by atoms with Gasteiger partial charge in [-0.2, -0.15) is 16.7 Å². The first-order valence-electron chi connectivity index (χ1n) is 11.0. The number of hydrogen-bond acceptors (Lipinski definition) is 8. The van der Waals surface area contributed by atoms with Crippen molar-refractivity contribution in [3.63, 3.8) is 0 Å². The van der Waals surface area contributed by atoms with E-state index >= 15 is 0 Å². The number of carbonyl (C=O) groups is 1.